The highest BCUT2D eigenvalue weighted by Gasteiger charge is 2.37. The van der Waals surface area contributed by atoms with Gasteiger partial charge >= 0.3 is 6.03 Å². The molecule has 1 aromatic rings. The van der Waals surface area contributed by atoms with Gasteiger partial charge in [0.2, 0.25) is 0 Å². The summed E-state index contributed by atoms with van der Waals surface area (Å²) in [7, 11) is 0. The molecule has 0 saturated carbocycles. The molecular formula is C13H13BrClN3O2. The van der Waals surface area contributed by atoms with Gasteiger partial charge in [0, 0.05) is 30.7 Å². The van der Waals surface area contributed by atoms with E-state index in [-0.39, 0.29) is 18.0 Å². The first-order chi connectivity index (χ1) is 9.56. The number of nitrogens with one attached hydrogen (secondary N) is 1. The molecule has 1 atom stereocenters. The Bertz CT molecular complexity index is 581. The van der Waals surface area contributed by atoms with Crippen molar-refractivity contribution >= 4 is 39.5 Å². The summed E-state index contributed by atoms with van der Waals surface area (Å²) in [4.78, 5) is 27.6. The van der Waals surface area contributed by atoms with Gasteiger partial charge in [-0.1, -0.05) is 27.5 Å². The van der Waals surface area contributed by atoms with E-state index in [1.165, 1.54) is 0 Å². The Morgan fingerprint density at radius 2 is 2.20 bits per heavy atom. The maximum atomic E-state index is 12.5. The molecule has 1 N–H and O–H groups in total. The molecule has 1 aromatic carbocycles. The number of benzene rings is 1. The molecule has 7 heteroatoms. The van der Waals surface area contributed by atoms with Crippen molar-refractivity contribution in [2.75, 3.05) is 26.2 Å². The van der Waals surface area contributed by atoms with Crippen LogP contribution >= 0.6 is 27.5 Å². The van der Waals surface area contributed by atoms with E-state index < -0.39 is 0 Å². The minimum Gasteiger partial charge on any atom is -0.336 e. The number of piperazine rings is 1. The number of carbonyl (C=O) groups is 2. The number of hydrogen-bond donors (Lipinski definition) is 1. The maximum absolute atomic E-state index is 12.5. The van der Waals surface area contributed by atoms with Crippen LogP contribution in [-0.2, 0) is 0 Å². The highest BCUT2D eigenvalue weighted by molar-refractivity contribution is 9.10. The predicted molar refractivity (Wildman–Crippen MR) is 78.9 cm³/mol. The number of fused-ring (bicyclic) bond motifs is 1. The number of urea groups is 1. The average Bonchev–Trinajstić information content (AvgIpc) is 2.82. The fraction of sp³-hybridized carbons (Fsp3) is 0.385. The van der Waals surface area contributed by atoms with Gasteiger partial charge < -0.3 is 15.1 Å². The zero-order chi connectivity index (χ0) is 14.3. The first-order valence-electron chi connectivity index (χ1n) is 6.35. The molecule has 0 radical (unpaired) electrons. The fourth-order valence-corrected chi connectivity index (χ4v) is 3.18. The molecule has 2 aliphatic heterocycles. The lowest BCUT2D eigenvalue weighted by Crippen LogP contribution is -2.53. The summed E-state index contributed by atoms with van der Waals surface area (Å²) in [6.45, 7) is 2.23. The predicted octanol–water partition coefficient (Wildman–Crippen LogP) is 1.95. The Balaban J connectivity index is 1.78. The van der Waals surface area contributed by atoms with E-state index in [4.69, 9.17) is 11.6 Å². The van der Waals surface area contributed by atoms with Crippen LogP contribution in [0.3, 0.4) is 0 Å². The molecular weight excluding hydrogens is 346 g/mol. The number of carbonyl (C=O) groups excluding carboxylic acids is 2. The minimum absolute atomic E-state index is 0.0393. The van der Waals surface area contributed by atoms with Crippen LogP contribution in [0.2, 0.25) is 5.02 Å². The van der Waals surface area contributed by atoms with E-state index in [1.54, 1.807) is 28.0 Å². The molecule has 106 valence electrons. The summed E-state index contributed by atoms with van der Waals surface area (Å²) in [5.41, 5.74) is 0.492. The second-order valence-electron chi connectivity index (χ2n) is 4.91. The van der Waals surface area contributed by atoms with E-state index in [2.05, 4.69) is 21.2 Å². The van der Waals surface area contributed by atoms with Crippen LogP contribution in [0.4, 0.5) is 4.79 Å². The smallest absolute Gasteiger partial charge is 0.317 e. The number of hydrogen-bond acceptors (Lipinski definition) is 2. The third-order valence-electron chi connectivity index (χ3n) is 3.68. The summed E-state index contributed by atoms with van der Waals surface area (Å²) in [5, 5.41) is 3.24. The Kier molecular flexibility index (Phi) is 3.60. The molecule has 5 nitrogen and oxygen atoms in total. The first-order valence-corrected chi connectivity index (χ1v) is 7.52. The van der Waals surface area contributed by atoms with Crippen molar-refractivity contribution in [1.29, 1.82) is 0 Å². The molecule has 0 spiro atoms. The van der Waals surface area contributed by atoms with Crippen molar-refractivity contribution in [3.63, 3.8) is 0 Å². The van der Waals surface area contributed by atoms with Crippen molar-refractivity contribution in [2.45, 2.75) is 6.04 Å². The van der Waals surface area contributed by atoms with E-state index in [9.17, 15) is 9.59 Å². The third kappa shape index (κ3) is 2.38. The Hall–Kier alpha value is -1.27. The molecule has 2 saturated heterocycles. The van der Waals surface area contributed by atoms with Gasteiger partial charge in [-0.3, -0.25) is 4.79 Å². The summed E-state index contributed by atoms with van der Waals surface area (Å²) < 4.78 is 0.821. The molecule has 2 aliphatic rings. The van der Waals surface area contributed by atoms with Crippen LogP contribution < -0.4 is 5.32 Å². The molecule has 0 aromatic heterocycles. The summed E-state index contributed by atoms with van der Waals surface area (Å²) in [6, 6.07) is 5.26. The van der Waals surface area contributed by atoms with Crippen LogP contribution in [0.15, 0.2) is 22.7 Å². The zero-order valence-corrected chi connectivity index (χ0v) is 12.9. The average molecular weight is 359 g/mol. The van der Waals surface area contributed by atoms with E-state index in [1.807, 2.05) is 0 Å². The number of amides is 3. The second kappa shape index (κ2) is 5.26. The standard InChI is InChI=1S/C13H13BrClN3O2/c14-8-1-2-11(15)10(5-8)12(19)17-3-4-18-9(7-17)6-16-13(18)20/h1-2,5,9H,3-4,6-7H2,(H,16,20). The summed E-state index contributed by atoms with van der Waals surface area (Å²) in [5.74, 6) is -0.0877. The van der Waals surface area contributed by atoms with Crippen LogP contribution in [0.5, 0.6) is 0 Å². The molecule has 2 heterocycles. The van der Waals surface area contributed by atoms with Gasteiger partial charge in [-0.2, -0.15) is 0 Å². The van der Waals surface area contributed by atoms with Crippen molar-refractivity contribution in [3.05, 3.63) is 33.3 Å². The second-order valence-corrected chi connectivity index (χ2v) is 6.23. The normalized spacial score (nSPS) is 21.7. The Labute approximate surface area is 130 Å². The monoisotopic (exact) mass is 357 g/mol. The number of halogens is 2. The lowest BCUT2D eigenvalue weighted by Gasteiger charge is -2.36. The van der Waals surface area contributed by atoms with Gasteiger partial charge in [0.05, 0.1) is 16.6 Å². The molecule has 3 amide bonds. The molecule has 3 rings (SSSR count). The Morgan fingerprint density at radius 3 is 3.00 bits per heavy atom. The first kappa shape index (κ1) is 13.7. The van der Waals surface area contributed by atoms with Gasteiger partial charge in [0.15, 0.2) is 0 Å². The summed E-state index contributed by atoms with van der Waals surface area (Å²) >= 11 is 9.45. The van der Waals surface area contributed by atoms with Crippen LogP contribution in [0, 0.1) is 0 Å². The van der Waals surface area contributed by atoms with Crippen LogP contribution in [0.25, 0.3) is 0 Å². The Morgan fingerprint density at radius 1 is 1.40 bits per heavy atom. The lowest BCUT2D eigenvalue weighted by atomic mass is 10.1. The zero-order valence-electron chi connectivity index (χ0n) is 10.6. The molecule has 0 aliphatic carbocycles. The maximum Gasteiger partial charge on any atom is 0.317 e. The van der Waals surface area contributed by atoms with Crippen molar-refractivity contribution in [3.8, 4) is 0 Å². The molecule has 0 bridgehead atoms. The largest absolute Gasteiger partial charge is 0.336 e. The fourth-order valence-electron chi connectivity index (χ4n) is 2.62. The van der Waals surface area contributed by atoms with E-state index >= 15 is 0 Å². The highest BCUT2D eigenvalue weighted by Crippen LogP contribution is 2.24. The quantitative estimate of drug-likeness (QED) is 0.834. The summed E-state index contributed by atoms with van der Waals surface area (Å²) in [6.07, 6.45) is 0. The molecule has 20 heavy (non-hydrogen) atoms. The van der Waals surface area contributed by atoms with Crippen molar-refractivity contribution < 1.29 is 9.59 Å². The topological polar surface area (TPSA) is 52.7 Å². The van der Waals surface area contributed by atoms with Crippen LogP contribution in [-0.4, -0.2) is 54.0 Å². The van der Waals surface area contributed by atoms with Crippen molar-refractivity contribution in [2.24, 2.45) is 0 Å². The molecule has 1 unspecified atom stereocenters. The van der Waals surface area contributed by atoms with E-state index in [0.29, 0.717) is 36.8 Å². The third-order valence-corrected chi connectivity index (χ3v) is 4.50. The van der Waals surface area contributed by atoms with Gasteiger partial charge in [0.1, 0.15) is 0 Å². The number of rotatable bonds is 1. The number of nitrogens with zero attached hydrogens (tertiary/aromatic N) is 2. The van der Waals surface area contributed by atoms with Gasteiger partial charge in [-0.05, 0) is 18.2 Å². The van der Waals surface area contributed by atoms with Gasteiger partial charge in [-0.25, -0.2) is 4.79 Å². The van der Waals surface area contributed by atoms with Crippen LogP contribution in [0.1, 0.15) is 10.4 Å². The highest BCUT2D eigenvalue weighted by atomic mass is 79.9. The van der Waals surface area contributed by atoms with Gasteiger partial charge in [0.25, 0.3) is 5.91 Å². The van der Waals surface area contributed by atoms with Crippen molar-refractivity contribution in [1.82, 2.24) is 15.1 Å². The minimum atomic E-state index is -0.0877. The SMILES string of the molecule is O=C(c1cc(Br)ccc1Cl)N1CCN2C(=O)NCC2C1. The van der Waals surface area contributed by atoms with Gasteiger partial charge in [-0.15, -0.1) is 0 Å². The molecule has 2 fully saturated rings. The lowest BCUT2D eigenvalue weighted by molar-refractivity contribution is 0.0617. The van der Waals surface area contributed by atoms with E-state index in [0.717, 1.165) is 4.47 Å².